The third-order valence-corrected chi connectivity index (χ3v) is 5.12. The Morgan fingerprint density at radius 2 is 2.12 bits per heavy atom. The van der Waals surface area contributed by atoms with Crippen LogP contribution in [0.25, 0.3) is 11.4 Å². The molecule has 1 fully saturated rings. The van der Waals surface area contributed by atoms with Crippen LogP contribution in [0, 0.1) is 0 Å². The highest BCUT2D eigenvalue weighted by atomic mass is 32.1. The molecule has 8 heteroatoms. The van der Waals surface area contributed by atoms with Crippen molar-refractivity contribution in [2.24, 2.45) is 0 Å². The van der Waals surface area contributed by atoms with Crippen molar-refractivity contribution in [3.05, 3.63) is 41.2 Å². The number of benzene rings is 1. The molecule has 1 saturated heterocycles. The SMILES string of the molecule is Nc1nnc(CCN2CCC[C@@H]2c2nc(-c3ccccc3)n[nH]2)s1. The predicted molar refractivity (Wildman–Crippen MR) is 93.4 cm³/mol. The topological polar surface area (TPSA) is 96.6 Å². The number of nitrogen functional groups attached to an aromatic ring is 1. The van der Waals surface area contributed by atoms with Crippen LogP contribution in [-0.4, -0.2) is 43.4 Å². The third-order valence-electron chi connectivity index (χ3n) is 4.31. The maximum atomic E-state index is 5.65. The van der Waals surface area contributed by atoms with Crippen LogP contribution in [-0.2, 0) is 6.42 Å². The van der Waals surface area contributed by atoms with Gasteiger partial charge in [0.15, 0.2) is 5.82 Å². The lowest BCUT2D eigenvalue weighted by molar-refractivity contribution is 0.252. The lowest BCUT2D eigenvalue weighted by Gasteiger charge is -2.21. The van der Waals surface area contributed by atoms with Crippen LogP contribution >= 0.6 is 11.3 Å². The summed E-state index contributed by atoms with van der Waals surface area (Å²) in [6, 6.07) is 10.3. The normalized spacial score (nSPS) is 18.2. The van der Waals surface area contributed by atoms with Crippen LogP contribution < -0.4 is 5.73 Å². The molecule has 0 radical (unpaired) electrons. The van der Waals surface area contributed by atoms with E-state index in [-0.39, 0.29) is 0 Å². The minimum atomic E-state index is 0.292. The molecule has 3 heterocycles. The first kappa shape index (κ1) is 15.2. The summed E-state index contributed by atoms with van der Waals surface area (Å²) in [5, 5.41) is 17.0. The molecule has 0 unspecified atom stereocenters. The molecule has 0 bridgehead atoms. The largest absolute Gasteiger partial charge is 0.374 e. The van der Waals surface area contributed by atoms with Crippen molar-refractivity contribution in [3.8, 4) is 11.4 Å². The second kappa shape index (κ2) is 6.66. The molecule has 4 rings (SSSR count). The van der Waals surface area contributed by atoms with Crippen LogP contribution in [0.4, 0.5) is 5.13 Å². The van der Waals surface area contributed by atoms with Gasteiger partial charge >= 0.3 is 0 Å². The Hall–Kier alpha value is -2.32. The zero-order valence-corrected chi connectivity index (χ0v) is 14.0. The molecule has 1 aromatic carbocycles. The number of rotatable bonds is 5. The number of aromatic amines is 1. The number of nitrogens with one attached hydrogen (secondary N) is 1. The number of hydrogen-bond donors (Lipinski definition) is 2. The molecule has 3 aromatic rings. The highest BCUT2D eigenvalue weighted by Gasteiger charge is 2.28. The lowest BCUT2D eigenvalue weighted by atomic mass is 10.2. The van der Waals surface area contributed by atoms with Gasteiger partial charge in [-0.05, 0) is 19.4 Å². The summed E-state index contributed by atoms with van der Waals surface area (Å²) in [6.45, 7) is 2.00. The maximum absolute atomic E-state index is 5.65. The molecule has 0 spiro atoms. The molecular formula is C16H19N7S. The summed E-state index contributed by atoms with van der Waals surface area (Å²) in [7, 11) is 0. The Morgan fingerprint density at radius 3 is 2.92 bits per heavy atom. The second-order valence-corrected chi connectivity index (χ2v) is 6.98. The van der Waals surface area contributed by atoms with Gasteiger partial charge in [0.05, 0.1) is 6.04 Å². The first-order valence-corrected chi connectivity index (χ1v) is 8.91. The van der Waals surface area contributed by atoms with Crippen molar-refractivity contribution < 1.29 is 0 Å². The molecule has 1 aliphatic rings. The first-order valence-electron chi connectivity index (χ1n) is 8.09. The van der Waals surface area contributed by atoms with E-state index in [1.54, 1.807) is 0 Å². The van der Waals surface area contributed by atoms with Crippen LogP contribution in [0.2, 0.25) is 0 Å². The van der Waals surface area contributed by atoms with Gasteiger partial charge in [0, 0.05) is 18.5 Å². The van der Waals surface area contributed by atoms with Gasteiger partial charge < -0.3 is 5.73 Å². The standard InChI is InChI=1S/C16H19N7S/c17-16-22-19-13(24-16)8-10-23-9-4-7-12(23)15-18-14(20-21-15)11-5-2-1-3-6-11/h1-3,5-6,12H,4,7-10H2,(H2,17,22)(H,18,20,21)/t12-/m1/s1. The number of hydrogen-bond acceptors (Lipinski definition) is 7. The molecule has 0 saturated carbocycles. The van der Waals surface area contributed by atoms with E-state index in [1.165, 1.54) is 17.8 Å². The van der Waals surface area contributed by atoms with E-state index in [0.717, 1.165) is 48.2 Å². The van der Waals surface area contributed by atoms with Gasteiger partial charge in [-0.2, -0.15) is 5.10 Å². The summed E-state index contributed by atoms with van der Waals surface area (Å²) in [5.74, 6) is 1.71. The minimum absolute atomic E-state index is 0.292. The van der Waals surface area contributed by atoms with E-state index in [2.05, 4.69) is 25.3 Å². The van der Waals surface area contributed by atoms with Gasteiger partial charge in [0.25, 0.3) is 0 Å². The van der Waals surface area contributed by atoms with Crippen molar-refractivity contribution in [2.75, 3.05) is 18.8 Å². The molecule has 1 atom stereocenters. The fraction of sp³-hybridized carbons (Fsp3) is 0.375. The van der Waals surface area contributed by atoms with Gasteiger partial charge in [-0.1, -0.05) is 41.7 Å². The van der Waals surface area contributed by atoms with Crippen molar-refractivity contribution in [3.63, 3.8) is 0 Å². The average molecular weight is 341 g/mol. The minimum Gasteiger partial charge on any atom is -0.374 e. The van der Waals surface area contributed by atoms with Crippen LogP contribution in [0.1, 0.15) is 29.7 Å². The summed E-state index contributed by atoms with van der Waals surface area (Å²) < 4.78 is 0. The molecule has 1 aliphatic heterocycles. The van der Waals surface area contributed by atoms with Crippen molar-refractivity contribution >= 4 is 16.5 Å². The van der Waals surface area contributed by atoms with Gasteiger partial charge in [0.2, 0.25) is 5.13 Å². The molecular weight excluding hydrogens is 322 g/mol. The third kappa shape index (κ3) is 3.15. The van der Waals surface area contributed by atoms with E-state index in [4.69, 9.17) is 10.7 Å². The van der Waals surface area contributed by atoms with E-state index in [9.17, 15) is 0 Å². The Labute approximate surface area is 143 Å². The zero-order valence-electron chi connectivity index (χ0n) is 13.2. The molecule has 0 aliphatic carbocycles. The van der Waals surface area contributed by atoms with Gasteiger partial charge in [-0.25, -0.2) is 4.98 Å². The summed E-state index contributed by atoms with van der Waals surface area (Å²) in [6.07, 6.45) is 3.14. The number of likely N-dealkylation sites (tertiary alicyclic amines) is 1. The maximum Gasteiger partial charge on any atom is 0.203 e. The monoisotopic (exact) mass is 341 g/mol. The molecule has 24 heavy (non-hydrogen) atoms. The van der Waals surface area contributed by atoms with Crippen molar-refractivity contribution in [2.45, 2.75) is 25.3 Å². The van der Waals surface area contributed by atoms with Crippen LogP contribution in [0.3, 0.4) is 0 Å². The molecule has 3 N–H and O–H groups in total. The molecule has 7 nitrogen and oxygen atoms in total. The zero-order chi connectivity index (χ0) is 16.4. The quantitative estimate of drug-likeness (QED) is 0.739. The molecule has 0 amide bonds. The van der Waals surface area contributed by atoms with E-state index in [0.29, 0.717) is 11.2 Å². The smallest absolute Gasteiger partial charge is 0.203 e. The number of aromatic nitrogens is 5. The van der Waals surface area contributed by atoms with E-state index >= 15 is 0 Å². The summed E-state index contributed by atoms with van der Waals surface area (Å²) in [5.41, 5.74) is 6.68. The van der Waals surface area contributed by atoms with Gasteiger partial charge in [-0.15, -0.1) is 10.2 Å². The predicted octanol–water partition coefficient (Wildman–Crippen LogP) is 2.29. The first-order chi connectivity index (χ1) is 11.8. The lowest BCUT2D eigenvalue weighted by Crippen LogP contribution is -2.26. The fourth-order valence-corrected chi connectivity index (χ4v) is 3.75. The van der Waals surface area contributed by atoms with Crippen LogP contribution in [0.5, 0.6) is 0 Å². The van der Waals surface area contributed by atoms with E-state index in [1.807, 2.05) is 30.3 Å². The van der Waals surface area contributed by atoms with Crippen LogP contribution in [0.15, 0.2) is 30.3 Å². The van der Waals surface area contributed by atoms with Crippen molar-refractivity contribution in [1.82, 2.24) is 30.3 Å². The fourth-order valence-electron chi connectivity index (χ4n) is 3.15. The number of nitrogens with two attached hydrogens (primary N) is 1. The Morgan fingerprint density at radius 1 is 1.25 bits per heavy atom. The number of anilines is 1. The second-order valence-electron chi connectivity index (χ2n) is 5.89. The van der Waals surface area contributed by atoms with Crippen molar-refractivity contribution in [1.29, 1.82) is 0 Å². The molecule has 124 valence electrons. The average Bonchev–Trinajstić information content (AvgIpc) is 3.34. The Bertz CT molecular complexity index is 798. The highest BCUT2D eigenvalue weighted by molar-refractivity contribution is 7.15. The van der Waals surface area contributed by atoms with Gasteiger partial charge in [0.1, 0.15) is 10.8 Å². The Balaban J connectivity index is 1.46. The number of H-pyrrole nitrogens is 1. The summed E-state index contributed by atoms with van der Waals surface area (Å²) in [4.78, 5) is 7.16. The molecule has 2 aromatic heterocycles. The number of nitrogens with zero attached hydrogens (tertiary/aromatic N) is 5. The Kier molecular flexibility index (Phi) is 4.22. The van der Waals surface area contributed by atoms with E-state index < -0.39 is 0 Å². The summed E-state index contributed by atoms with van der Waals surface area (Å²) >= 11 is 1.46. The highest BCUT2D eigenvalue weighted by Crippen LogP contribution is 2.31. The van der Waals surface area contributed by atoms with Gasteiger partial charge in [-0.3, -0.25) is 10.00 Å².